The number of halogens is 2. The third kappa shape index (κ3) is 4.86. The van der Waals surface area contributed by atoms with Crippen molar-refractivity contribution in [3.8, 4) is 23.1 Å². The predicted molar refractivity (Wildman–Crippen MR) is 137 cm³/mol. The average Bonchev–Trinajstić information content (AvgIpc) is 2.91. The molecule has 190 valence electrons. The molecule has 0 aliphatic rings. The van der Waals surface area contributed by atoms with Crippen LogP contribution in [0.5, 0.6) is 17.4 Å². The standard InChI is InChI=1S/C29H21F2N3O4/c1-17-12-14-34(20-6-4-19(30)5-7-20)29(36)27(17)23(35)16-18-3-9-24(21(31)15-18)38-25-11-13-32-22-8-10-26(37-2)33-28(22)25/h3-15H,16H2,1-2H3. The summed E-state index contributed by atoms with van der Waals surface area (Å²) in [4.78, 5) is 34.8. The SMILES string of the molecule is COc1ccc2nccc(Oc3ccc(CC(=O)c4c(C)ccn(-c5ccc(F)cc5)c4=O)cc3F)c2n1. The van der Waals surface area contributed by atoms with E-state index >= 15 is 4.39 Å². The number of pyridine rings is 3. The van der Waals surface area contributed by atoms with Crippen LogP contribution < -0.4 is 15.0 Å². The summed E-state index contributed by atoms with van der Waals surface area (Å²) in [7, 11) is 1.49. The van der Waals surface area contributed by atoms with Crippen molar-refractivity contribution in [2.75, 3.05) is 7.11 Å². The smallest absolute Gasteiger partial charge is 0.266 e. The number of benzene rings is 2. The first kappa shape index (κ1) is 24.8. The maximum Gasteiger partial charge on any atom is 0.266 e. The van der Waals surface area contributed by atoms with Crippen molar-refractivity contribution in [3.63, 3.8) is 0 Å². The lowest BCUT2D eigenvalue weighted by Gasteiger charge is -2.12. The van der Waals surface area contributed by atoms with Gasteiger partial charge in [-0.2, -0.15) is 0 Å². The third-order valence-electron chi connectivity index (χ3n) is 6.00. The Kier molecular flexibility index (Phi) is 6.66. The van der Waals surface area contributed by atoms with E-state index in [1.807, 2.05) is 0 Å². The molecule has 3 heterocycles. The zero-order valence-corrected chi connectivity index (χ0v) is 20.4. The molecule has 9 heteroatoms. The van der Waals surface area contributed by atoms with Gasteiger partial charge in [-0.25, -0.2) is 13.8 Å². The number of aromatic nitrogens is 3. The van der Waals surface area contributed by atoms with E-state index in [4.69, 9.17) is 9.47 Å². The highest BCUT2D eigenvalue weighted by molar-refractivity contribution is 5.98. The Labute approximate surface area is 215 Å². The number of ether oxygens (including phenoxy) is 2. The van der Waals surface area contributed by atoms with Gasteiger partial charge in [-0.3, -0.25) is 19.1 Å². The Hall–Kier alpha value is -4.92. The Balaban J connectivity index is 1.40. The van der Waals surface area contributed by atoms with Crippen molar-refractivity contribution in [3.05, 3.63) is 118 Å². The van der Waals surface area contributed by atoms with E-state index in [0.29, 0.717) is 33.7 Å². The summed E-state index contributed by atoms with van der Waals surface area (Å²) in [5.74, 6) is -0.997. The van der Waals surface area contributed by atoms with Crippen molar-refractivity contribution in [2.24, 2.45) is 0 Å². The van der Waals surface area contributed by atoms with Gasteiger partial charge < -0.3 is 9.47 Å². The average molecular weight is 514 g/mol. The summed E-state index contributed by atoms with van der Waals surface area (Å²) in [6, 6.07) is 16.1. The minimum atomic E-state index is -0.684. The van der Waals surface area contributed by atoms with Gasteiger partial charge in [-0.05, 0) is 66.6 Å². The van der Waals surface area contributed by atoms with Crippen molar-refractivity contribution in [2.45, 2.75) is 13.3 Å². The van der Waals surface area contributed by atoms with Crippen molar-refractivity contribution < 1.29 is 23.0 Å². The van der Waals surface area contributed by atoms with Crippen LogP contribution in [0.4, 0.5) is 8.78 Å². The van der Waals surface area contributed by atoms with E-state index < -0.39 is 23.0 Å². The van der Waals surface area contributed by atoms with Gasteiger partial charge >= 0.3 is 0 Å². The molecule has 38 heavy (non-hydrogen) atoms. The molecule has 0 saturated carbocycles. The van der Waals surface area contributed by atoms with Gasteiger partial charge in [-0.1, -0.05) is 6.07 Å². The maximum atomic E-state index is 15.0. The van der Waals surface area contributed by atoms with Gasteiger partial charge in [0.25, 0.3) is 5.56 Å². The van der Waals surface area contributed by atoms with Crippen LogP contribution in [0.3, 0.4) is 0 Å². The lowest BCUT2D eigenvalue weighted by atomic mass is 10.0. The number of aryl methyl sites for hydroxylation is 1. The number of Topliss-reactive ketones (excluding diaryl/α,β-unsaturated/α-hetero) is 1. The lowest BCUT2D eigenvalue weighted by molar-refractivity contribution is 0.0990. The minimum Gasteiger partial charge on any atom is -0.481 e. The lowest BCUT2D eigenvalue weighted by Crippen LogP contribution is -2.27. The second-order valence-corrected chi connectivity index (χ2v) is 8.52. The van der Waals surface area contributed by atoms with E-state index in [-0.39, 0.29) is 23.5 Å². The molecule has 0 aliphatic carbocycles. The van der Waals surface area contributed by atoms with Gasteiger partial charge in [0.15, 0.2) is 23.1 Å². The Morgan fingerprint density at radius 2 is 1.76 bits per heavy atom. The van der Waals surface area contributed by atoms with Crippen molar-refractivity contribution >= 4 is 16.8 Å². The molecule has 0 fully saturated rings. The summed E-state index contributed by atoms with van der Waals surface area (Å²) in [6.45, 7) is 1.66. The first-order chi connectivity index (χ1) is 18.3. The molecule has 3 aromatic heterocycles. The van der Waals surface area contributed by atoms with Gasteiger partial charge in [0.2, 0.25) is 5.88 Å². The molecule has 0 N–H and O–H groups in total. The van der Waals surface area contributed by atoms with Crippen LogP contribution in [0.2, 0.25) is 0 Å². The normalized spacial score (nSPS) is 10.9. The molecule has 0 spiro atoms. The fourth-order valence-electron chi connectivity index (χ4n) is 4.08. The third-order valence-corrected chi connectivity index (χ3v) is 6.00. The summed E-state index contributed by atoms with van der Waals surface area (Å²) in [5.41, 5.74) is 1.70. The quantitative estimate of drug-likeness (QED) is 0.264. The number of methoxy groups -OCH3 is 1. The van der Waals surface area contributed by atoms with E-state index in [0.717, 1.165) is 0 Å². The molecule has 0 unspecified atom stereocenters. The summed E-state index contributed by atoms with van der Waals surface area (Å²) < 4.78 is 40.5. The van der Waals surface area contributed by atoms with Crippen LogP contribution >= 0.6 is 0 Å². The summed E-state index contributed by atoms with van der Waals surface area (Å²) in [5, 5.41) is 0. The minimum absolute atomic E-state index is 0.0131. The second-order valence-electron chi connectivity index (χ2n) is 8.52. The molecule has 0 aliphatic heterocycles. The number of carbonyl (C=O) groups excluding carboxylic acids is 1. The molecule has 7 nitrogen and oxygen atoms in total. The number of hydrogen-bond donors (Lipinski definition) is 0. The number of ketones is 1. The van der Waals surface area contributed by atoms with Crippen LogP contribution in [-0.2, 0) is 6.42 Å². The summed E-state index contributed by atoms with van der Waals surface area (Å²) in [6.07, 6.45) is 2.86. The zero-order chi connectivity index (χ0) is 26.8. The van der Waals surface area contributed by atoms with Crippen molar-refractivity contribution in [1.82, 2.24) is 14.5 Å². The fraction of sp³-hybridized carbons (Fsp3) is 0.103. The molecule has 0 radical (unpaired) electrons. The van der Waals surface area contributed by atoms with Gasteiger partial charge in [-0.15, -0.1) is 0 Å². The topological polar surface area (TPSA) is 83.3 Å². The van der Waals surface area contributed by atoms with E-state index in [2.05, 4.69) is 9.97 Å². The predicted octanol–water partition coefficient (Wildman–Crippen LogP) is 5.59. The molecule has 0 saturated heterocycles. The Morgan fingerprint density at radius 1 is 0.974 bits per heavy atom. The molecule has 0 bridgehead atoms. The van der Waals surface area contributed by atoms with E-state index in [9.17, 15) is 14.0 Å². The van der Waals surface area contributed by atoms with Crippen LogP contribution in [0.15, 0.2) is 83.9 Å². The zero-order valence-electron chi connectivity index (χ0n) is 20.4. The molecule has 0 atom stereocenters. The number of fused-ring (bicyclic) bond motifs is 1. The van der Waals surface area contributed by atoms with Crippen LogP contribution in [0.1, 0.15) is 21.5 Å². The highest BCUT2D eigenvalue weighted by Gasteiger charge is 2.18. The molecular formula is C29H21F2N3O4. The first-order valence-corrected chi connectivity index (χ1v) is 11.6. The molecule has 2 aromatic carbocycles. The Bertz CT molecular complexity index is 1730. The molecular weight excluding hydrogens is 492 g/mol. The Morgan fingerprint density at radius 3 is 2.50 bits per heavy atom. The van der Waals surface area contributed by atoms with Gasteiger partial charge in [0, 0.05) is 36.6 Å². The molecule has 5 aromatic rings. The number of rotatable bonds is 7. The highest BCUT2D eigenvalue weighted by Crippen LogP contribution is 2.31. The first-order valence-electron chi connectivity index (χ1n) is 11.6. The van der Waals surface area contributed by atoms with E-state index in [1.54, 1.807) is 37.3 Å². The fourth-order valence-corrected chi connectivity index (χ4v) is 4.08. The second kappa shape index (κ2) is 10.2. The summed E-state index contributed by atoms with van der Waals surface area (Å²) >= 11 is 0. The number of carbonyl (C=O) groups is 1. The van der Waals surface area contributed by atoms with Crippen LogP contribution in [0.25, 0.3) is 16.7 Å². The van der Waals surface area contributed by atoms with Gasteiger partial charge in [0.05, 0.1) is 18.2 Å². The van der Waals surface area contributed by atoms with Gasteiger partial charge in [0.1, 0.15) is 11.3 Å². The van der Waals surface area contributed by atoms with Crippen LogP contribution in [-0.4, -0.2) is 27.4 Å². The van der Waals surface area contributed by atoms with E-state index in [1.165, 1.54) is 60.5 Å². The van der Waals surface area contributed by atoms with Crippen LogP contribution in [0, 0.1) is 18.6 Å². The van der Waals surface area contributed by atoms with Crippen molar-refractivity contribution in [1.29, 1.82) is 0 Å². The number of nitrogens with zero attached hydrogens (tertiary/aromatic N) is 3. The number of hydrogen-bond acceptors (Lipinski definition) is 6. The molecule has 5 rings (SSSR count). The monoisotopic (exact) mass is 513 g/mol. The maximum absolute atomic E-state index is 15.0. The molecule has 0 amide bonds. The largest absolute Gasteiger partial charge is 0.481 e. The highest BCUT2D eigenvalue weighted by atomic mass is 19.1.